The SMILES string of the molecule is CCC1CCCCN1S(=O)(=O)c1ccc(C(=O)Nc2nc(-c3cccc([N+](=O)[O-])c3)cs2)cc1. The highest BCUT2D eigenvalue weighted by atomic mass is 32.2. The Hall–Kier alpha value is -3.15. The molecular weight excluding hydrogens is 476 g/mol. The lowest BCUT2D eigenvalue weighted by molar-refractivity contribution is -0.384. The molecule has 0 bridgehead atoms. The number of hydrogen-bond acceptors (Lipinski definition) is 7. The Morgan fingerprint density at radius 3 is 2.71 bits per heavy atom. The van der Waals surface area contributed by atoms with Gasteiger partial charge in [-0.3, -0.25) is 20.2 Å². The molecule has 1 aliphatic heterocycles. The van der Waals surface area contributed by atoms with Crippen LogP contribution in [0.4, 0.5) is 10.8 Å². The Bertz CT molecular complexity index is 1300. The second-order valence-electron chi connectivity index (χ2n) is 8.00. The molecule has 34 heavy (non-hydrogen) atoms. The van der Waals surface area contributed by atoms with Crippen molar-refractivity contribution in [2.45, 2.75) is 43.5 Å². The molecule has 1 N–H and O–H groups in total. The fourth-order valence-electron chi connectivity index (χ4n) is 4.02. The molecule has 0 radical (unpaired) electrons. The number of nitro groups is 1. The second kappa shape index (κ2) is 10.00. The minimum Gasteiger partial charge on any atom is -0.298 e. The molecule has 3 aromatic rings. The molecule has 1 aromatic heterocycles. The molecular formula is C23H24N4O5S2. The van der Waals surface area contributed by atoms with Crippen molar-refractivity contribution < 1.29 is 18.1 Å². The molecule has 2 heterocycles. The fraction of sp³-hybridized carbons (Fsp3) is 0.304. The molecule has 1 unspecified atom stereocenters. The van der Waals surface area contributed by atoms with Crippen LogP contribution in [0, 0.1) is 10.1 Å². The number of anilines is 1. The van der Waals surface area contributed by atoms with E-state index in [4.69, 9.17) is 0 Å². The second-order valence-corrected chi connectivity index (χ2v) is 10.7. The molecule has 4 rings (SSSR count). The third kappa shape index (κ3) is 5.01. The Balaban J connectivity index is 1.47. The van der Waals surface area contributed by atoms with Crippen LogP contribution in [0.25, 0.3) is 11.3 Å². The fourth-order valence-corrected chi connectivity index (χ4v) is 6.51. The van der Waals surface area contributed by atoms with Gasteiger partial charge in [-0.1, -0.05) is 25.5 Å². The van der Waals surface area contributed by atoms with Gasteiger partial charge in [0.15, 0.2) is 5.13 Å². The zero-order chi connectivity index (χ0) is 24.3. The molecule has 1 fully saturated rings. The molecule has 1 amide bonds. The number of piperidine rings is 1. The van der Waals surface area contributed by atoms with Crippen molar-refractivity contribution in [3.63, 3.8) is 0 Å². The van der Waals surface area contributed by atoms with E-state index in [2.05, 4.69) is 10.3 Å². The van der Waals surface area contributed by atoms with Crippen molar-refractivity contribution in [2.75, 3.05) is 11.9 Å². The molecule has 11 heteroatoms. The first-order chi connectivity index (χ1) is 16.3. The summed E-state index contributed by atoms with van der Waals surface area (Å²) in [5.41, 5.74) is 1.35. The Morgan fingerprint density at radius 1 is 1.24 bits per heavy atom. The van der Waals surface area contributed by atoms with Gasteiger partial charge in [-0.15, -0.1) is 11.3 Å². The predicted molar refractivity (Wildman–Crippen MR) is 130 cm³/mol. The summed E-state index contributed by atoms with van der Waals surface area (Å²) < 4.78 is 27.8. The molecule has 0 spiro atoms. The topological polar surface area (TPSA) is 123 Å². The van der Waals surface area contributed by atoms with Gasteiger partial charge >= 0.3 is 0 Å². The van der Waals surface area contributed by atoms with Gasteiger partial charge in [-0.05, 0) is 43.5 Å². The monoisotopic (exact) mass is 500 g/mol. The number of non-ortho nitro benzene ring substituents is 1. The van der Waals surface area contributed by atoms with Crippen LogP contribution in [0.5, 0.6) is 0 Å². The van der Waals surface area contributed by atoms with Crippen molar-refractivity contribution in [1.82, 2.24) is 9.29 Å². The number of hydrogen-bond donors (Lipinski definition) is 1. The smallest absolute Gasteiger partial charge is 0.270 e. The van der Waals surface area contributed by atoms with Gasteiger partial charge in [0.2, 0.25) is 10.0 Å². The predicted octanol–water partition coefficient (Wildman–Crippen LogP) is 4.92. The van der Waals surface area contributed by atoms with Gasteiger partial charge in [0.25, 0.3) is 11.6 Å². The van der Waals surface area contributed by atoms with Crippen molar-refractivity contribution in [2.24, 2.45) is 0 Å². The van der Waals surface area contributed by atoms with E-state index < -0.39 is 20.9 Å². The maximum atomic E-state index is 13.1. The van der Waals surface area contributed by atoms with Crippen molar-refractivity contribution >= 4 is 38.1 Å². The van der Waals surface area contributed by atoms with Crippen LogP contribution < -0.4 is 5.32 Å². The van der Waals surface area contributed by atoms with E-state index in [9.17, 15) is 23.3 Å². The van der Waals surface area contributed by atoms with Gasteiger partial charge in [0.05, 0.1) is 15.5 Å². The van der Waals surface area contributed by atoms with E-state index in [0.29, 0.717) is 28.5 Å². The summed E-state index contributed by atoms with van der Waals surface area (Å²) >= 11 is 1.20. The highest BCUT2D eigenvalue weighted by molar-refractivity contribution is 7.89. The summed E-state index contributed by atoms with van der Waals surface area (Å²) in [6.07, 6.45) is 3.51. The maximum Gasteiger partial charge on any atom is 0.270 e. The molecule has 1 atom stereocenters. The third-order valence-corrected chi connectivity index (χ3v) is 8.57. The van der Waals surface area contributed by atoms with E-state index in [1.54, 1.807) is 21.8 Å². The number of carbonyl (C=O) groups excluding carboxylic acids is 1. The van der Waals surface area contributed by atoms with Gasteiger partial charge in [-0.25, -0.2) is 13.4 Å². The van der Waals surface area contributed by atoms with Crippen LogP contribution in [0.1, 0.15) is 43.0 Å². The number of carbonyl (C=O) groups is 1. The minimum absolute atomic E-state index is 0.00636. The highest BCUT2D eigenvalue weighted by Gasteiger charge is 2.32. The van der Waals surface area contributed by atoms with Gasteiger partial charge < -0.3 is 0 Å². The lowest BCUT2D eigenvalue weighted by atomic mass is 10.0. The average molecular weight is 501 g/mol. The standard InChI is InChI=1S/C23H24N4O5S2/c1-2-18-7-3-4-13-26(18)34(31,32)20-11-9-16(10-12-20)22(28)25-23-24-21(15-33-23)17-6-5-8-19(14-17)27(29)30/h5-6,8-12,14-15,18H,2-4,7,13H2,1H3,(H,24,25,28). The largest absolute Gasteiger partial charge is 0.298 e. The number of thiazole rings is 1. The lowest BCUT2D eigenvalue weighted by Crippen LogP contribution is -2.43. The van der Waals surface area contributed by atoms with Gasteiger partial charge in [-0.2, -0.15) is 4.31 Å². The first-order valence-electron chi connectivity index (χ1n) is 10.9. The van der Waals surface area contributed by atoms with Crippen LogP contribution in [-0.2, 0) is 10.0 Å². The quantitative estimate of drug-likeness (QED) is 0.363. The summed E-state index contributed by atoms with van der Waals surface area (Å²) in [7, 11) is -3.62. The summed E-state index contributed by atoms with van der Waals surface area (Å²) in [5, 5.41) is 15.7. The van der Waals surface area contributed by atoms with Crippen LogP contribution in [0.2, 0.25) is 0 Å². The molecule has 178 valence electrons. The summed E-state index contributed by atoms with van der Waals surface area (Å²) in [5.74, 6) is -0.423. The highest BCUT2D eigenvalue weighted by Crippen LogP contribution is 2.29. The summed E-state index contributed by atoms with van der Waals surface area (Å²) in [4.78, 5) is 27.7. The van der Waals surface area contributed by atoms with Crippen molar-refractivity contribution in [1.29, 1.82) is 0 Å². The van der Waals surface area contributed by atoms with Crippen LogP contribution in [0.3, 0.4) is 0 Å². The maximum absolute atomic E-state index is 13.1. The number of aromatic nitrogens is 1. The van der Waals surface area contributed by atoms with E-state index in [0.717, 1.165) is 25.7 Å². The Morgan fingerprint density at radius 2 is 2.00 bits per heavy atom. The van der Waals surface area contributed by atoms with Gasteiger partial charge in [0.1, 0.15) is 0 Å². The van der Waals surface area contributed by atoms with Gasteiger partial charge in [0, 0.05) is 41.2 Å². The van der Waals surface area contributed by atoms with Crippen LogP contribution >= 0.6 is 11.3 Å². The first-order valence-corrected chi connectivity index (χ1v) is 13.2. The van der Waals surface area contributed by atoms with Crippen molar-refractivity contribution in [3.8, 4) is 11.3 Å². The van der Waals surface area contributed by atoms with E-state index in [1.807, 2.05) is 6.92 Å². The zero-order valence-electron chi connectivity index (χ0n) is 18.5. The summed E-state index contributed by atoms with van der Waals surface area (Å²) in [6, 6.07) is 12.0. The van der Waals surface area contributed by atoms with E-state index in [1.165, 1.54) is 47.7 Å². The number of rotatable bonds is 7. The van der Waals surface area contributed by atoms with E-state index in [-0.39, 0.29) is 16.6 Å². The molecule has 1 aliphatic rings. The molecule has 0 saturated carbocycles. The number of sulfonamides is 1. The molecule has 9 nitrogen and oxygen atoms in total. The number of nitro benzene ring substituents is 1. The first kappa shape index (κ1) is 24.0. The average Bonchev–Trinajstić information content (AvgIpc) is 3.32. The molecule has 2 aromatic carbocycles. The zero-order valence-corrected chi connectivity index (χ0v) is 20.1. The Labute approximate surface area is 201 Å². The summed E-state index contributed by atoms with van der Waals surface area (Å²) in [6.45, 7) is 2.51. The van der Waals surface area contributed by atoms with Crippen LogP contribution in [-0.4, -0.2) is 41.1 Å². The Kier molecular flexibility index (Phi) is 7.05. The van der Waals surface area contributed by atoms with Crippen molar-refractivity contribution in [3.05, 3.63) is 69.6 Å². The third-order valence-electron chi connectivity index (χ3n) is 5.84. The molecule has 0 aliphatic carbocycles. The number of nitrogens with one attached hydrogen (secondary N) is 1. The molecule has 1 saturated heterocycles. The normalized spacial score (nSPS) is 16.8. The number of nitrogens with zero attached hydrogens (tertiary/aromatic N) is 3. The van der Waals surface area contributed by atoms with Crippen LogP contribution in [0.15, 0.2) is 58.8 Å². The lowest BCUT2D eigenvalue weighted by Gasteiger charge is -2.34. The number of amides is 1. The van der Waals surface area contributed by atoms with E-state index >= 15 is 0 Å². The number of benzene rings is 2. The minimum atomic E-state index is -3.62.